The minimum Gasteiger partial charge on any atom is -0.371 e. The average molecular weight is 253 g/mol. The van der Waals surface area contributed by atoms with Crippen molar-refractivity contribution in [3.63, 3.8) is 0 Å². The molecule has 1 heterocycles. The molecule has 4 heteroatoms. The Morgan fingerprint density at radius 3 is 2.61 bits per heavy atom. The first-order chi connectivity index (χ1) is 8.37. The van der Waals surface area contributed by atoms with Crippen LogP contribution in [0.4, 0.5) is 0 Å². The zero-order valence-corrected chi connectivity index (χ0v) is 11.6. The molecule has 0 bridgehead atoms. The summed E-state index contributed by atoms with van der Waals surface area (Å²) in [6.45, 7) is 9.10. The molecule has 1 N–H and O–H groups in total. The highest BCUT2D eigenvalue weighted by Gasteiger charge is 2.58. The van der Waals surface area contributed by atoms with Gasteiger partial charge in [0, 0.05) is 6.61 Å². The van der Waals surface area contributed by atoms with Gasteiger partial charge in [-0.05, 0) is 25.2 Å². The van der Waals surface area contributed by atoms with Gasteiger partial charge in [-0.1, -0.05) is 32.9 Å². The van der Waals surface area contributed by atoms with Crippen molar-refractivity contribution in [3.8, 4) is 0 Å². The van der Waals surface area contributed by atoms with Crippen molar-refractivity contribution in [1.82, 2.24) is 5.06 Å². The number of hydrogen-bond donors (Lipinski definition) is 1. The van der Waals surface area contributed by atoms with E-state index in [2.05, 4.69) is 27.7 Å². The number of rotatable bonds is 3. The van der Waals surface area contributed by atoms with E-state index >= 15 is 0 Å². The van der Waals surface area contributed by atoms with E-state index in [-0.39, 0.29) is 23.3 Å². The van der Waals surface area contributed by atoms with Crippen molar-refractivity contribution < 1.29 is 14.7 Å². The normalized spacial score (nSPS) is 43.4. The SMILES string of the molecule is CCCO[C@]1(C)C=CC2(CC(=O)N2O)[C@H](C)[C@@H]1C. The molecular weight excluding hydrogens is 230 g/mol. The lowest BCUT2D eigenvalue weighted by Gasteiger charge is -2.56. The van der Waals surface area contributed by atoms with E-state index in [1.165, 1.54) is 0 Å². The molecule has 2 rings (SSSR count). The zero-order chi connectivity index (χ0) is 13.6. The van der Waals surface area contributed by atoms with Crippen LogP contribution in [0.25, 0.3) is 0 Å². The molecule has 1 amide bonds. The van der Waals surface area contributed by atoms with Crippen LogP contribution in [0.15, 0.2) is 12.2 Å². The third-order valence-corrected chi connectivity index (χ3v) is 4.83. The summed E-state index contributed by atoms with van der Waals surface area (Å²) in [6.07, 6.45) is 5.35. The maximum absolute atomic E-state index is 11.3. The Bertz CT molecular complexity index is 381. The van der Waals surface area contributed by atoms with Crippen molar-refractivity contribution in [2.24, 2.45) is 11.8 Å². The van der Waals surface area contributed by atoms with Crippen molar-refractivity contribution in [3.05, 3.63) is 12.2 Å². The minimum atomic E-state index is -0.508. The van der Waals surface area contributed by atoms with E-state index < -0.39 is 5.54 Å². The standard InChI is InChI=1S/C14H23NO3/c1-5-8-18-13(4)6-7-14(11(3)10(13)2)9-12(16)15(14)17/h6-7,10-11,17H,5,8-9H2,1-4H3/t10-,11+,13+,14?/m0/s1. The maximum Gasteiger partial charge on any atom is 0.249 e. The summed E-state index contributed by atoms with van der Waals surface area (Å²) in [7, 11) is 0. The molecule has 1 spiro atoms. The minimum absolute atomic E-state index is 0.173. The molecule has 18 heavy (non-hydrogen) atoms. The van der Waals surface area contributed by atoms with Crippen molar-refractivity contribution in [2.75, 3.05) is 6.61 Å². The molecule has 1 saturated heterocycles. The summed E-state index contributed by atoms with van der Waals surface area (Å²) in [5, 5.41) is 10.7. The molecule has 2 aliphatic rings. The molecule has 102 valence electrons. The highest BCUT2D eigenvalue weighted by molar-refractivity contribution is 5.85. The van der Waals surface area contributed by atoms with Gasteiger partial charge in [0.2, 0.25) is 5.91 Å². The molecule has 4 atom stereocenters. The highest BCUT2D eigenvalue weighted by Crippen LogP contribution is 2.49. The maximum atomic E-state index is 11.3. The van der Waals surface area contributed by atoms with Gasteiger partial charge in [0.15, 0.2) is 0 Å². The number of carbonyl (C=O) groups excluding carboxylic acids is 1. The Morgan fingerprint density at radius 2 is 2.11 bits per heavy atom. The van der Waals surface area contributed by atoms with Crippen LogP contribution in [-0.2, 0) is 9.53 Å². The van der Waals surface area contributed by atoms with E-state index in [0.717, 1.165) is 18.1 Å². The number of amides is 1. The smallest absolute Gasteiger partial charge is 0.249 e. The van der Waals surface area contributed by atoms with Crippen LogP contribution >= 0.6 is 0 Å². The summed E-state index contributed by atoms with van der Waals surface area (Å²) in [5.74, 6) is 0.223. The topological polar surface area (TPSA) is 49.8 Å². The number of hydroxylamine groups is 2. The first kappa shape index (κ1) is 13.6. The van der Waals surface area contributed by atoms with Crippen molar-refractivity contribution in [2.45, 2.75) is 51.7 Å². The van der Waals surface area contributed by atoms with Crippen LogP contribution in [0.2, 0.25) is 0 Å². The second-order valence-corrected chi connectivity index (χ2v) is 5.82. The molecule has 1 aliphatic heterocycles. The van der Waals surface area contributed by atoms with Crippen molar-refractivity contribution in [1.29, 1.82) is 0 Å². The lowest BCUT2D eigenvalue weighted by atomic mass is 9.62. The first-order valence-electron chi connectivity index (χ1n) is 6.73. The predicted molar refractivity (Wildman–Crippen MR) is 68.1 cm³/mol. The van der Waals surface area contributed by atoms with Gasteiger partial charge in [0.05, 0.1) is 17.6 Å². The van der Waals surface area contributed by atoms with Crippen LogP contribution in [0.5, 0.6) is 0 Å². The van der Waals surface area contributed by atoms with Crippen molar-refractivity contribution >= 4 is 5.91 Å². The van der Waals surface area contributed by atoms with Gasteiger partial charge in [-0.3, -0.25) is 10.0 Å². The Balaban J connectivity index is 2.23. The fraction of sp³-hybridized carbons (Fsp3) is 0.786. The molecule has 1 fully saturated rings. The molecule has 0 aromatic carbocycles. The van der Waals surface area contributed by atoms with E-state index in [9.17, 15) is 10.0 Å². The number of nitrogens with zero attached hydrogens (tertiary/aromatic N) is 1. The number of hydrogen-bond acceptors (Lipinski definition) is 3. The molecule has 4 nitrogen and oxygen atoms in total. The van der Waals surface area contributed by atoms with Gasteiger partial charge in [0.1, 0.15) is 0 Å². The largest absolute Gasteiger partial charge is 0.371 e. The average Bonchev–Trinajstić information content (AvgIpc) is 2.37. The fourth-order valence-electron chi connectivity index (χ4n) is 3.06. The van der Waals surface area contributed by atoms with Gasteiger partial charge in [0.25, 0.3) is 0 Å². The van der Waals surface area contributed by atoms with Crippen LogP contribution in [0.1, 0.15) is 40.5 Å². The highest BCUT2D eigenvalue weighted by atomic mass is 16.5. The van der Waals surface area contributed by atoms with Gasteiger partial charge in [-0.15, -0.1) is 0 Å². The second kappa shape index (κ2) is 4.35. The number of β-lactam (4-membered cyclic amide) rings is 1. The summed E-state index contributed by atoms with van der Waals surface area (Å²) in [6, 6.07) is 0. The van der Waals surface area contributed by atoms with Crippen LogP contribution in [0.3, 0.4) is 0 Å². The Kier molecular flexibility index (Phi) is 3.28. The van der Waals surface area contributed by atoms with Crippen LogP contribution in [-0.4, -0.2) is 33.9 Å². The van der Waals surface area contributed by atoms with Crippen LogP contribution in [0, 0.1) is 11.8 Å². The predicted octanol–water partition coefficient (Wildman–Crippen LogP) is 2.37. The summed E-state index contributed by atoms with van der Waals surface area (Å²) < 4.78 is 5.95. The summed E-state index contributed by atoms with van der Waals surface area (Å²) >= 11 is 0. The van der Waals surface area contributed by atoms with Gasteiger partial charge in [-0.2, -0.15) is 0 Å². The van der Waals surface area contributed by atoms with E-state index in [1.807, 2.05) is 12.2 Å². The van der Waals surface area contributed by atoms with E-state index in [4.69, 9.17) is 4.74 Å². The molecule has 0 saturated carbocycles. The van der Waals surface area contributed by atoms with E-state index in [1.54, 1.807) is 0 Å². The summed E-state index contributed by atoms with van der Waals surface area (Å²) in [4.78, 5) is 11.3. The Labute approximate surface area is 109 Å². The first-order valence-corrected chi connectivity index (χ1v) is 6.73. The third-order valence-electron chi connectivity index (χ3n) is 4.83. The molecule has 0 aromatic rings. The number of carbonyl (C=O) groups is 1. The zero-order valence-electron chi connectivity index (χ0n) is 11.6. The van der Waals surface area contributed by atoms with Gasteiger partial charge >= 0.3 is 0 Å². The fourth-order valence-corrected chi connectivity index (χ4v) is 3.06. The lowest BCUT2D eigenvalue weighted by Crippen LogP contribution is -2.68. The van der Waals surface area contributed by atoms with Crippen LogP contribution < -0.4 is 0 Å². The Morgan fingerprint density at radius 1 is 1.44 bits per heavy atom. The molecular formula is C14H23NO3. The monoisotopic (exact) mass is 253 g/mol. The summed E-state index contributed by atoms with van der Waals surface area (Å²) in [5.41, 5.74) is -0.814. The number of ether oxygens (including phenoxy) is 1. The van der Waals surface area contributed by atoms with Gasteiger partial charge < -0.3 is 4.74 Å². The van der Waals surface area contributed by atoms with Gasteiger partial charge in [-0.25, -0.2) is 5.06 Å². The van der Waals surface area contributed by atoms with E-state index in [0.29, 0.717) is 6.42 Å². The molecule has 1 unspecified atom stereocenters. The molecule has 0 radical (unpaired) electrons. The molecule has 0 aromatic heterocycles. The lowest BCUT2D eigenvalue weighted by molar-refractivity contribution is -0.239. The quantitative estimate of drug-likeness (QED) is 0.477. The Hall–Kier alpha value is -0.870. The third kappa shape index (κ3) is 1.70. The molecule has 1 aliphatic carbocycles. The second-order valence-electron chi connectivity index (χ2n) is 5.82.